The minimum atomic E-state index is 0.0522. The molecule has 0 aliphatic carbocycles. The number of nitrogens with two attached hydrogens (primary N) is 2. The number of hydrogen-bond acceptors (Lipinski definition) is 2. The predicted octanol–water partition coefficient (Wildman–Crippen LogP) is 5.13. The molecule has 0 saturated heterocycles. The molecule has 0 amide bonds. The molecule has 0 aliphatic heterocycles. The second-order valence-corrected chi connectivity index (χ2v) is 6.14. The molecule has 0 heterocycles. The van der Waals surface area contributed by atoms with Gasteiger partial charge in [0.1, 0.15) is 0 Å². The van der Waals surface area contributed by atoms with Gasteiger partial charge in [0, 0.05) is 16.8 Å². The van der Waals surface area contributed by atoms with E-state index >= 15 is 0 Å². The monoisotopic (exact) mass is 296 g/mol. The average molecular weight is 296 g/mol. The van der Waals surface area contributed by atoms with Crippen molar-refractivity contribution in [1.29, 1.82) is 0 Å². The Hall–Kier alpha value is -1.96. The summed E-state index contributed by atoms with van der Waals surface area (Å²) in [6.07, 6.45) is 5.98. The minimum absolute atomic E-state index is 0.0522. The van der Waals surface area contributed by atoms with Gasteiger partial charge >= 0.3 is 0 Å². The molecule has 0 spiro atoms. The van der Waals surface area contributed by atoms with Crippen molar-refractivity contribution in [3.8, 4) is 0 Å². The van der Waals surface area contributed by atoms with Crippen LogP contribution in [-0.2, 0) is 5.41 Å². The Kier molecular flexibility index (Phi) is 5.48. The van der Waals surface area contributed by atoms with Crippen LogP contribution in [0.25, 0.3) is 0 Å². The first-order chi connectivity index (χ1) is 10.6. The van der Waals surface area contributed by atoms with Gasteiger partial charge in [0.15, 0.2) is 0 Å². The lowest BCUT2D eigenvalue weighted by Gasteiger charge is -2.35. The second-order valence-electron chi connectivity index (χ2n) is 6.14. The summed E-state index contributed by atoms with van der Waals surface area (Å²) in [5, 5.41) is 0. The molecule has 2 rings (SSSR count). The van der Waals surface area contributed by atoms with Crippen molar-refractivity contribution in [2.45, 2.75) is 51.4 Å². The summed E-state index contributed by atoms with van der Waals surface area (Å²) in [6, 6.07) is 16.8. The third kappa shape index (κ3) is 3.44. The van der Waals surface area contributed by atoms with Crippen LogP contribution in [0.4, 0.5) is 11.4 Å². The van der Waals surface area contributed by atoms with Crippen LogP contribution in [0.2, 0.25) is 0 Å². The molecule has 2 aromatic rings. The molecule has 0 atom stereocenters. The molecule has 2 heteroatoms. The fourth-order valence-corrected chi connectivity index (χ4v) is 3.32. The predicted molar refractivity (Wildman–Crippen MR) is 96.9 cm³/mol. The molecule has 0 radical (unpaired) electrons. The van der Waals surface area contributed by atoms with Gasteiger partial charge in [-0.1, -0.05) is 57.4 Å². The average Bonchev–Trinajstić information content (AvgIpc) is 2.54. The van der Waals surface area contributed by atoms with Crippen LogP contribution in [0.15, 0.2) is 48.5 Å². The maximum Gasteiger partial charge on any atom is 0.0314 e. The van der Waals surface area contributed by atoms with Crippen LogP contribution >= 0.6 is 0 Å². The van der Waals surface area contributed by atoms with Gasteiger partial charge in [-0.3, -0.25) is 0 Å². The van der Waals surface area contributed by atoms with Crippen LogP contribution in [0, 0.1) is 0 Å². The summed E-state index contributed by atoms with van der Waals surface area (Å²) < 4.78 is 0. The van der Waals surface area contributed by atoms with Crippen molar-refractivity contribution in [1.82, 2.24) is 0 Å². The van der Waals surface area contributed by atoms with Gasteiger partial charge in [0.2, 0.25) is 0 Å². The van der Waals surface area contributed by atoms with Crippen LogP contribution in [0.3, 0.4) is 0 Å². The maximum absolute atomic E-state index is 5.88. The SMILES string of the molecule is CCCCCC(CC)(c1ccc(N)cc1)c1ccc(N)cc1. The molecule has 0 unspecified atom stereocenters. The molecule has 0 aromatic heterocycles. The summed E-state index contributed by atoms with van der Waals surface area (Å²) in [5.74, 6) is 0. The zero-order valence-corrected chi connectivity index (χ0v) is 13.8. The fraction of sp³-hybridized carbons (Fsp3) is 0.400. The molecule has 0 aliphatic rings. The number of anilines is 2. The first-order valence-electron chi connectivity index (χ1n) is 8.34. The van der Waals surface area contributed by atoms with E-state index in [0.717, 1.165) is 24.2 Å². The highest BCUT2D eigenvalue weighted by atomic mass is 14.5. The molecule has 22 heavy (non-hydrogen) atoms. The van der Waals surface area contributed by atoms with E-state index in [1.54, 1.807) is 0 Å². The van der Waals surface area contributed by atoms with Gasteiger partial charge in [0.05, 0.1) is 0 Å². The van der Waals surface area contributed by atoms with Gasteiger partial charge in [-0.25, -0.2) is 0 Å². The minimum Gasteiger partial charge on any atom is -0.399 e. The van der Waals surface area contributed by atoms with E-state index in [0.29, 0.717) is 0 Å². The Morgan fingerprint density at radius 2 is 1.18 bits per heavy atom. The van der Waals surface area contributed by atoms with E-state index in [-0.39, 0.29) is 5.41 Å². The fourth-order valence-electron chi connectivity index (χ4n) is 3.32. The van der Waals surface area contributed by atoms with Crippen molar-refractivity contribution in [3.05, 3.63) is 59.7 Å². The molecule has 118 valence electrons. The molecule has 2 nitrogen and oxygen atoms in total. The Balaban J connectivity index is 2.45. The molecule has 0 fully saturated rings. The van der Waals surface area contributed by atoms with Gasteiger partial charge in [-0.2, -0.15) is 0 Å². The number of unbranched alkanes of at least 4 members (excludes halogenated alkanes) is 2. The van der Waals surface area contributed by atoms with Crippen molar-refractivity contribution in [2.24, 2.45) is 0 Å². The third-order valence-electron chi connectivity index (χ3n) is 4.74. The normalized spacial score (nSPS) is 11.5. The van der Waals surface area contributed by atoms with Crippen LogP contribution in [0.1, 0.15) is 57.1 Å². The van der Waals surface area contributed by atoms with Gasteiger partial charge in [-0.15, -0.1) is 0 Å². The quantitative estimate of drug-likeness (QED) is 0.550. The van der Waals surface area contributed by atoms with Crippen LogP contribution in [0.5, 0.6) is 0 Å². The van der Waals surface area contributed by atoms with Crippen LogP contribution < -0.4 is 11.5 Å². The summed E-state index contributed by atoms with van der Waals surface area (Å²) >= 11 is 0. The molecule has 2 aromatic carbocycles. The standard InChI is InChI=1S/C20H28N2/c1-3-5-6-15-20(4-2,16-7-11-18(21)12-8-16)17-9-13-19(22)14-10-17/h7-14H,3-6,15,21-22H2,1-2H3. The van der Waals surface area contributed by atoms with Crippen molar-refractivity contribution in [2.75, 3.05) is 11.5 Å². The molecule has 0 bridgehead atoms. The number of nitrogen functional groups attached to an aromatic ring is 2. The van der Waals surface area contributed by atoms with Gasteiger partial charge in [-0.05, 0) is 48.2 Å². The van der Waals surface area contributed by atoms with Gasteiger partial charge in [0.25, 0.3) is 0 Å². The van der Waals surface area contributed by atoms with E-state index in [4.69, 9.17) is 11.5 Å². The van der Waals surface area contributed by atoms with Gasteiger partial charge < -0.3 is 11.5 Å². The highest BCUT2D eigenvalue weighted by Crippen LogP contribution is 2.40. The Morgan fingerprint density at radius 3 is 1.55 bits per heavy atom. The highest BCUT2D eigenvalue weighted by molar-refractivity contribution is 5.48. The lowest BCUT2D eigenvalue weighted by atomic mass is 9.69. The molecule has 0 saturated carbocycles. The Morgan fingerprint density at radius 1 is 0.727 bits per heavy atom. The largest absolute Gasteiger partial charge is 0.399 e. The van der Waals surface area contributed by atoms with Crippen molar-refractivity contribution in [3.63, 3.8) is 0 Å². The summed E-state index contributed by atoms with van der Waals surface area (Å²) in [4.78, 5) is 0. The number of hydrogen-bond donors (Lipinski definition) is 2. The topological polar surface area (TPSA) is 52.0 Å². The highest BCUT2D eigenvalue weighted by Gasteiger charge is 2.31. The van der Waals surface area contributed by atoms with E-state index in [1.807, 2.05) is 24.3 Å². The number of benzene rings is 2. The Labute approximate surface area is 134 Å². The zero-order valence-electron chi connectivity index (χ0n) is 13.8. The van der Waals surface area contributed by atoms with E-state index in [2.05, 4.69) is 38.1 Å². The van der Waals surface area contributed by atoms with Crippen molar-refractivity contribution >= 4 is 11.4 Å². The zero-order chi connectivity index (χ0) is 16.0. The Bertz CT molecular complexity index is 524. The van der Waals surface area contributed by atoms with Crippen molar-refractivity contribution < 1.29 is 0 Å². The number of rotatable bonds is 7. The summed E-state index contributed by atoms with van der Waals surface area (Å²) in [5.41, 5.74) is 16.1. The molecule has 4 N–H and O–H groups in total. The van der Waals surface area contributed by atoms with E-state index < -0.39 is 0 Å². The maximum atomic E-state index is 5.88. The van der Waals surface area contributed by atoms with E-state index in [1.165, 1.54) is 30.4 Å². The smallest absolute Gasteiger partial charge is 0.0314 e. The van der Waals surface area contributed by atoms with E-state index in [9.17, 15) is 0 Å². The second kappa shape index (κ2) is 7.35. The molecular weight excluding hydrogens is 268 g/mol. The molecular formula is C20H28N2. The first-order valence-corrected chi connectivity index (χ1v) is 8.34. The lowest BCUT2D eigenvalue weighted by molar-refractivity contribution is 0.431. The first kappa shape index (κ1) is 16.4. The third-order valence-corrected chi connectivity index (χ3v) is 4.74. The van der Waals surface area contributed by atoms with Crippen LogP contribution in [-0.4, -0.2) is 0 Å². The lowest BCUT2D eigenvalue weighted by Crippen LogP contribution is -2.27. The summed E-state index contributed by atoms with van der Waals surface area (Å²) in [6.45, 7) is 4.53. The summed E-state index contributed by atoms with van der Waals surface area (Å²) in [7, 11) is 0.